The molecule has 0 aliphatic carbocycles. The number of hydrogen-bond donors (Lipinski definition) is 5. The van der Waals surface area contributed by atoms with E-state index in [1.54, 1.807) is 18.2 Å². The highest BCUT2D eigenvalue weighted by atomic mass is 32.1. The molecule has 5 aromatic rings. The van der Waals surface area contributed by atoms with Crippen molar-refractivity contribution in [3.05, 3.63) is 98.5 Å². The smallest absolute Gasteiger partial charge is 0.305 e. The lowest BCUT2D eigenvalue weighted by molar-refractivity contribution is -0.127. The lowest BCUT2D eigenvalue weighted by atomic mass is 9.88. The number of aromatic amines is 2. The highest BCUT2D eigenvalue weighted by Crippen LogP contribution is 2.33. The Morgan fingerprint density at radius 2 is 1.91 bits per heavy atom. The Kier molecular flexibility index (Phi) is 8.86. The number of H-pyrrole nitrogens is 2. The Bertz CT molecular complexity index is 1960. The van der Waals surface area contributed by atoms with Crippen molar-refractivity contribution in [2.75, 3.05) is 45.9 Å². The number of fused-ring (bicyclic) bond motifs is 2. The molecule has 10 nitrogen and oxygen atoms in total. The predicted molar refractivity (Wildman–Crippen MR) is 179 cm³/mol. The molecule has 0 unspecified atom stereocenters. The number of hydrogen-bond acceptors (Lipinski definition) is 8. The van der Waals surface area contributed by atoms with E-state index in [0.29, 0.717) is 60.6 Å². The number of morpholine rings is 1. The van der Waals surface area contributed by atoms with Gasteiger partial charge in [-0.3, -0.25) is 14.5 Å². The fourth-order valence-electron chi connectivity index (χ4n) is 6.97. The summed E-state index contributed by atoms with van der Waals surface area (Å²) in [7, 11) is 0. The number of likely N-dealkylation sites (tertiary alicyclic amines) is 1. The monoisotopic (exact) mass is 659 g/mol. The van der Waals surface area contributed by atoms with Crippen molar-refractivity contribution < 1.29 is 24.1 Å². The van der Waals surface area contributed by atoms with Crippen LogP contribution in [0.15, 0.2) is 65.6 Å². The topological polar surface area (TPSA) is 134 Å². The van der Waals surface area contributed by atoms with E-state index < -0.39 is 6.10 Å². The van der Waals surface area contributed by atoms with Crippen LogP contribution in [-0.2, 0) is 17.7 Å². The van der Waals surface area contributed by atoms with Crippen molar-refractivity contribution in [1.82, 2.24) is 25.1 Å². The molecule has 2 saturated heterocycles. The summed E-state index contributed by atoms with van der Waals surface area (Å²) < 4.78 is 21.5. The molecule has 2 aliphatic rings. The maximum Gasteiger partial charge on any atom is 0.305 e. The van der Waals surface area contributed by atoms with Crippen LogP contribution in [0.2, 0.25) is 0 Å². The second kappa shape index (κ2) is 13.2. The first-order valence-electron chi connectivity index (χ1n) is 16.0. The minimum Gasteiger partial charge on any atom is -0.506 e. The average molecular weight is 660 g/mol. The maximum atomic E-state index is 14.7. The summed E-state index contributed by atoms with van der Waals surface area (Å²) in [6, 6.07) is 16.0. The zero-order valence-electron chi connectivity index (χ0n) is 25.9. The van der Waals surface area contributed by atoms with Crippen molar-refractivity contribution >= 4 is 38.4 Å². The molecule has 0 radical (unpaired) electrons. The number of aromatic hydroxyl groups is 1. The van der Waals surface area contributed by atoms with Crippen molar-refractivity contribution in [3.63, 3.8) is 0 Å². The molecule has 47 heavy (non-hydrogen) atoms. The maximum absolute atomic E-state index is 14.7. The molecule has 3 aromatic carbocycles. The van der Waals surface area contributed by atoms with E-state index in [2.05, 4.69) is 20.2 Å². The molecule has 5 N–H and O–H groups in total. The van der Waals surface area contributed by atoms with E-state index in [-0.39, 0.29) is 34.5 Å². The summed E-state index contributed by atoms with van der Waals surface area (Å²) in [6.45, 7) is 4.62. The molecule has 4 heterocycles. The highest BCUT2D eigenvalue weighted by molar-refractivity contribution is 7.16. The van der Waals surface area contributed by atoms with Gasteiger partial charge in [-0.05, 0) is 67.3 Å². The van der Waals surface area contributed by atoms with Gasteiger partial charge in [0.1, 0.15) is 17.1 Å². The van der Waals surface area contributed by atoms with Gasteiger partial charge in [-0.15, -0.1) is 0 Å². The largest absolute Gasteiger partial charge is 0.506 e. The summed E-state index contributed by atoms with van der Waals surface area (Å²) in [5.74, 6) is -0.284. The van der Waals surface area contributed by atoms with Crippen LogP contribution in [0.5, 0.6) is 5.75 Å². The number of amides is 1. The first kappa shape index (κ1) is 31.5. The number of para-hydroxylation sites is 1. The molecule has 7 rings (SSSR count). The molecule has 2 aliphatic heterocycles. The number of aliphatic hydroxyl groups excluding tert-OH is 1. The van der Waals surface area contributed by atoms with E-state index in [9.17, 15) is 24.2 Å². The Hall–Kier alpha value is -4.07. The summed E-state index contributed by atoms with van der Waals surface area (Å²) in [6.07, 6.45) is 3.16. The van der Waals surface area contributed by atoms with Crippen LogP contribution >= 0.6 is 11.3 Å². The van der Waals surface area contributed by atoms with E-state index in [4.69, 9.17) is 4.74 Å². The number of ether oxygens (including phenoxy) is 1. The molecule has 2 aromatic heterocycles. The lowest BCUT2D eigenvalue weighted by Crippen LogP contribution is -2.57. The Labute approximate surface area is 274 Å². The van der Waals surface area contributed by atoms with Crippen LogP contribution in [0.3, 0.4) is 0 Å². The van der Waals surface area contributed by atoms with E-state index in [0.717, 1.165) is 59.3 Å². The van der Waals surface area contributed by atoms with Gasteiger partial charge in [0.05, 0.1) is 40.6 Å². The van der Waals surface area contributed by atoms with Gasteiger partial charge in [0.15, 0.2) is 0 Å². The van der Waals surface area contributed by atoms with Gasteiger partial charge in [0.2, 0.25) is 0 Å². The van der Waals surface area contributed by atoms with Gasteiger partial charge in [0, 0.05) is 49.9 Å². The lowest BCUT2D eigenvalue weighted by Gasteiger charge is -2.47. The number of nitrogens with one attached hydrogen (secondary N) is 3. The number of aliphatic hydroxyl groups is 1. The van der Waals surface area contributed by atoms with Crippen LogP contribution in [0.4, 0.5) is 4.39 Å². The van der Waals surface area contributed by atoms with Gasteiger partial charge < -0.3 is 35.1 Å². The third kappa shape index (κ3) is 6.69. The Morgan fingerprint density at radius 3 is 2.77 bits per heavy atom. The number of rotatable bonds is 9. The zero-order chi connectivity index (χ0) is 32.5. The van der Waals surface area contributed by atoms with Crippen LogP contribution in [0.25, 0.3) is 21.1 Å². The van der Waals surface area contributed by atoms with Crippen molar-refractivity contribution in [1.29, 1.82) is 0 Å². The number of benzene rings is 3. The number of piperidine rings is 1. The number of halogens is 1. The molecular weight excluding hydrogens is 621 g/mol. The molecule has 12 heteroatoms. The van der Waals surface area contributed by atoms with Crippen molar-refractivity contribution in [2.45, 2.75) is 37.5 Å². The highest BCUT2D eigenvalue weighted by Gasteiger charge is 2.41. The Balaban J connectivity index is 0.912. The number of phenolic OH excluding ortho intramolecular Hbond substituents is 1. The average Bonchev–Trinajstić information content (AvgIpc) is 3.71. The minimum atomic E-state index is -0.873. The fraction of sp³-hybridized carbons (Fsp3) is 0.371. The number of phenols is 1. The van der Waals surface area contributed by atoms with E-state index in [1.165, 1.54) is 6.07 Å². The fourth-order valence-corrected chi connectivity index (χ4v) is 7.89. The van der Waals surface area contributed by atoms with Crippen molar-refractivity contribution in [2.24, 2.45) is 0 Å². The number of nitrogens with zero attached hydrogens (tertiary/aromatic N) is 2. The number of carbonyl (C=O) groups excluding carboxylic acids is 1. The van der Waals surface area contributed by atoms with Crippen molar-refractivity contribution in [3.8, 4) is 5.75 Å². The molecule has 1 amide bonds. The molecule has 1 spiro atoms. The molecule has 2 fully saturated rings. The third-order valence-electron chi connectivity index (χ3n) is 9.42. The summed E-state index contributed by atoms with van der Waals surface area (Å²) in [5, 5.41) is 25.0. The second-order valence-corrected chi connectivity index (χ2v) is 13.6. The molecule has 1 atom stereocenters. The van der Waals surface area contributed by atoms with Gasteiger partial charge in [0.25, 0.3) is 5.91 Å². The zero-order valence-corrected chi connectivity index (χ0v) is 26.7. The van der Waals surface area contributed by atoms with Crippen LogP contribution in [0, 0.1) is 5.82 Å². The van der Waals surface area contributed by atoms with E-state index in [1.807, 2.05) is 41.4 Å². The number of thiazole rings is 1. The number of carbonyl (C=O) groups is 1. The molecule has 246 valence electrons. The van der Waals surface area contributed by atoms with Gasteiger partial charge in [-0.2, -0.15) is 0 Å². The van der Waals surface area contributed by atoms with Crippen LogP contribution in [0.1, 0.15) is 46.0 Å². The normalized spacial score (nSPS) is 17.5. The quantitative estimate of drug-likeness (QED) is 0.149. The number of aromatic nitrogens is 2. The standard InChI is InChI=1S/C35H38FN5O5S/c36-25-17-22(6-10-37-19-29(43)26-4-5-28(42)31-32(26)47-34(45)39-31)16-23(18-25)20-40-12-8-35(9-13-40)21-41(14-15-46-35)33(44)27-3-1-2-24-7-11-38-30(24)27/h1-5,7,11,16-18,29,37-38,42-43H,6,8-10,12-15,19-21H2,(H,39,45)/t29-/m0/s1. The first-order valence-corrected chi connectivity index (χ1v) is 16.8. The molecule has 0 saturated carbocycles. The summed E-state index contributed by atoms with van der Waals surface area (Å²) in [4.78, 5) is 35.1. The van der Waals surface area contributed by atoms with Crippen LogP contribution < -0.4 is 10.2 Å². The van der Waals surface area contributed by atoms with E-state index >= 15 is 0 Å². The minimum absolute atomic E-state index is 0.0242. The van der Waals surface area contributed by atoms with Gasteiger partial charge >= 0.3 is 4.87 Å². The second-order valence-electron chi connectivity index (χ2n) is 12.6. The molecular formula is C35H38FN5O5S. The SMILES string of the molecule is O=C(c1cccc2cc[nH]c12)N1CCOC2(CCN(Cc3cc(F)cc(CCNC[C@H](O)c4ccc(O)c5[nH]c(=O)sc45)c3)CC2)C1. The summed E-state index contributed by atoms with van der Waals surface area (Å²) in [5.41, 5.74) is 3.85. The molecule has 0 bridgehead atoms. The summed E-state index contributed by atoms with van der Waals surface area (Å²) >= 11 is 0.954. The van der Waals surface area contributed by atoms with Gasteiger partial charge in [-0.1, -0.05) is 35.6 Å². The Morgan fingerprint density at radius 1 is 1.09 bits per heavy atom. The van der Waals surface area contributed by atoms with Crippen LogP contribution in [-0.4, -0.2) is 87.4 Å². The first-order chi connectivity index (χ1) is 22.8. The van der Waals surface area contributed by atoms with Gasteiger partial charge in [-0.25, -0.2) is 4.39 Å². The third-order valence-corrected chi connectivity index (χ3v) is 10.4. The predicted octanol–water partition coefficient (Wildman–Crippen LogP) is 4.29.